The largest absolute Gasteiger partial charge is 0.304 e. The van der Waals surface area contributed by atoms with Crippen LogP contribution in [0.2, 0.25) is 0 Å². The Labute approximate surface area is 171 Å². The van der Waals surface area contributed by atoms with Gasteiger partial charge in [-0.25, -0.2) is 0 Å². The van der Waals surface area contributed by atoms with Crippen LogP contribution in [0.15, 0.2) is 91.0 Å². The predicted octanol–water partition coefficient (Wildman–Crippen LogP) is 4.22. The van der Waals surface area contributed by atoms with Crippen LogP contribution in [0.25, 0.3) is 0 Å². The Morgan fingerprint density at radius 3 is 1.41 bits per heavy atom. The summed E-state index contributed by atoms with van der Waals surface area (Å²) in [5.74, 6) is 0. The summed E-state index contributed by atoms with van der Waals surface area (Å²) in [7, 11) is -2.74. The fourth-order valence-corrected chi connectivity index (χ4v) is 8.78. The van der Waals surface area contributed by atoms with Gasteiger partial charge in [-0.2, -0.15) is 0 Å². The van der Waals surface area contributed by atoms with E-state index in [4.69, 9.17) is 0 Å². The number of carbonyl (C=O) groups is 1. The van der Waals surface area contributed by atoms with E-state index in [1.165, 1.54) is 15.6 Å². The average Bonchev–Trinajstić information content (AvgIpc) is 2.74. The predicted molar refractivity (Wildman–Crippen MR) is 121 cm³/mol. The Hall–Kier alpha value is -1.97. The monoisotopic (exact) mass is 436 g/mol. The zero-order valence-corrected chi connectivity index (χ0v) is 18.1. The zero-order chi connectivity index (χ0) is 19.0. The van der Waals surface area contributed by atoms with Crippen LogP contribution in [0, 0.1) is 0 Å². The third-order valence-corrected chi connectivity index (χ3v) is 10.3. The highest BCUT2D eigenvalue weighted by molar-refractivity contribution is 9.09. The Kier molecular flexibility index (Phi) is 7.19. The van der Waals surface area contributed by atoms with Crippen LogP contribution < -0.4 is 15.6 Å². The van der Waals surface area contributed by atoms with E-state index < -0.39 is 8.07 Å². The SMILES string of the molecule is O=C(CCCCCBr)[Si](c1ccccc1)(c1ccccc1)c1ccccc1. The lowest BCUT2D eigenvalue weighted by molar-refractivity contribution is -0.112. The van der Waals surface area contributed by atoms with E-state index in [-0.39, 0.29) is 0 Å². The number of unbranched alkanes of at least 4 members (excludes halogenated alkanes) is 2. The van der Waals surface area contributed by atoms with E-state index >= 15 is 0 Å². The number of benzene rings is 3. The highest BCUT2D eigenvalue weighted by Gasteiger charge is 2.45. The molecule has 0 saturated carbocycles. The summed E-state index contributed by atoms with van der Waals surface area (Å²) in [6.07, 6.45) is 3.78. The number of hydrogen-bond acceptors (Lipinski definition) is 1. The molecule has 3 heteroatoms. The minimum absolute atomic E-state index is 0.403. The van der Waals surface area contributed by atoms with Gasteiger partial charge in [0, 0.05) is 11.8 Å². The Balaban J connectivity index is 2.15. The molecule has 0 aliphatic rings. The second-order valence-electron chi connectivity index (χ2n) is 6.77. The van der Waals surface area contributed by atoms with Gasteiger partial charge in [-0.3, -0.25) is 0 Å². The minimum Gasteiger partial charge on any atom is -0.304 e. The standard InChI is InChI=1S/C24H25BrOSi/c25-20-12-4-11-19-24(26)27(21-13-5-1-6-14-21,22-15-7-2-8-16-22)23-17-9-3-10-18-23/h1-3,5-10,13-18H,4,11-12,19-20H2. The summed E-state index contributed by atoms with van der Waals surface area (Å²) in [6.45, 7) is 0. The van der Waals surface area contributed by atoms with Crippen molar-refractivity contribution in [3.8, 4) is 0 Å². The van der Waals surface area contributed by atoms with E-state index in [1.54, 1.807) is 0 Å². The molecule has 0 radical (unpaired) electrons. The van der Waals surface area contributed by atoms with Crippen LogP contribution >= 0.6 is 15.9 Å². The summed E-state index contributed by atoms with van der Waals surface area (Å²) in [6, 6.07) is 31.3. The van der Waals surface area contributed by atoms with Gasteiger partial charge in [-0.05, 0) is 28.4 Å². The molecule has 0 fully saturated rings. The fourth-order valence-electron chi connectivity index (χ4n) is 3.79. The lowest BCUT2D eigenvalue weighted by atomic mass is 10.2. The summed E-state index contributed by atoms with van der Waals surface area (Å²) in [5, 5.41) is 4.93. The van der Waals surface area contributed by atoms with Crippen molar-refractivity contribution in [2.75, 3.05) is 5.33 Å². The van der Waals surface area contributed by atoms with Gasteiger partial charge in [0.25, 0.3) is 0 Å². The Morgan fingerprint density at radius 2 is 1.04 bits per heavy atom. The maximum atomic E-state index is 13.9. The van der Waals surface area contributed by atoms with E-state index in [2.05, 4.69) is 88.7 Å². The topological polar surface area (TPSA) is 17.1 Å². The van der Waals surface area contributed by atoms with Crippen molar-refractivity contribution in [1.82, 2.24) is 0 Å². The quantitative estimate of drug-likeness (QED) is 0.212. The maximum absolute atomic E-state index is 13.9. The molecule has 0 bridgehead atoms. The van der Waals surface area contributed by atoms with Gasteiger partial charge in [-0.1, -0.05) is 113 Å². The molecule has 3 rings (SSSR count). The molecular weight excluding hydrogens is 412 g/mol. The summed E-state index contributed by atoms with van der Waals surface area (Å²) in [4.78, 5) is 13.9. The first-order valence-electron chi connectivity index (χ1n) is 9.56. The molecule has 0 spiro atoms. The zero-order valence-electron chi connectivity index (χ0n) is 15.5. The second-order valence-corrected chi connectivity index (χ2v) is 11.4. The van der Waals surface area contributed by atoms with Crippen LogP contribution in [0.4, 0.5) is 0 Å². The first-order chi connectivity index (χ1) is 13.3. The molecule has 0 N–H and O–H groups in total. The Morgan fingerprint density at radius 1 is 0.630 bits per heavy atom. The van der Waals surface area contributed by atoms with Crippen LogP contribution in [-0.4, -0.2) is 18.8 Å². The van der Waals surface area contributed by atoms with Gasteiger partial charge in [-0.15, -0.1) is 0 Å². The number of alkyl halides is 1. The minimum atomic E-state index is -2.74. The van der Waals surface area contributed by atoms with Crippen molar-refractivity contribution in [2.45, 2.75) is 25.7 Å². The van der Waals surface area contributed by atoms with Crippen LogP contribution in [-0.2, 0) is 4.79 Å². The van der Waals surface area contributed by atoms with Crippen molar-refractivity contribution in [3.63, 3.8) is 0 Å². The van der Waals surface area contributed by atoms with E-state index in [0.29, 0.717) is 11.8 Å². The summed E-state index contributed by atoms with van der Waals surface area (Å²) in [5.41, 5.74) is 0. The van der Waals surface area contributed by atoms with Gasteiger partial charge in [0.1, 0.15) is 5.41 Å². The van der Waals surface area contributed by atoms with Gasteiger partial charge in [0.05, 0.1) is 0 Å². The molecule has 27 heavy (non-hydrogen) atoms. The number of carbonyl (C=O) groups excluding carboxylic acids is 1. The molecule has 1 nitrogen and oxygen atoms in total. The van der Waals surface area contributed by atoms with Gasteiger partial charge in [0.2, 0.25) is 8.07 Å². The highest BCUT2D eigenvalue weighted by atomic mass is 79.9. The molecule has 0 aliphatic carbocycles. The number of rotatable bonds is 9. The van der Waals surface area contributed by atoms with Crippen LogP contribution in [0.1, 0.15) is 25.7 Å². The van der Waals surface area contributed by atoms with E-state index in [9.17, 15) is 4.79 Å². The first-order valence-corrected chi connectivity index (χ1v) is 12.7. The number of halogens is 1. The van der Waals surface area contributed by atoms with Gasteiger partial charge < -0.3 is 4.79 Å². The molecule has 0 heterocycles. The fraction of sp³-hybridized carbons (Fsp3) is 0.208. The smallest absolute Gasteiger partial charge is 0.224 e. The normalized spacial score (nSPS) is 11.3. The van der Waals surface area contributed by atoms with Crippen molar-refractivity contribution in [3.05, 3.63) is 91.0 Å². The first kappa shape index (κ1) is 19.8. The van der Waals surface area contributed by atoms with Gasteiger partial charge in [0.15, 0.2) is 0 Å². The van der Waals surface area contributed by atoms with E-state index in [1.807, 2.05) is 18.2 Å². The Bertz CT molecular complexity index is 737. The molecule has 3 aromatic carbocycles. The molecule has 0 amide bonds. The molecule has 0 aromatic heterocycles. The second kappa shape index (κ2) is 9.82. The molecule has 0 aliphatic heterocycles. The molecule has 0 unspecified atom stereocenters. The highest BCUT2D eigenvalue weighted by Crippen LogP contribution is 2.14. The summed E-state index contributed by atoms with van der Waals surface area (Å²) >= 11 is 3.49. The molecular formula is C24H25BrOSi. The van der Waals surface area contributed by atoms with Gasteiger partial charge >= 0.3 is 0 Å². The third kappa shape index (κ3) is 4.31. The lowest BCUT2D eigenvalue weighted by Gasteiger charge is -2.32. The van der Waals surface area contributed by atoms with Crippen molar-refractivity contribution in [2.24, 2.45) is 0 Å². The van der Waals surface area contributed by atoms with Crippen LogP contribution in [0.3, 0.4) is 0 Å². The van der Waals surface area contributed by atoms with Crippen molar-refractivity contribution < 1.29 is 4.79 Å². The van der Waals surface area contributed by atoms with Crippen LogP contribution in [0.5, 0.6) is 0 Å². The number of hydrogen-bond donors (Lipinski definition) is 0. The molecule has 0 atom stereocenters. The third-order valence-electron chi connectivity index (χ3n) is 5.08. The lowest BCUT2D eigenvalue weighted by Crippen LogP contribution is -2.72. The van der Waals surface area contributed by atoms with Crippen molar-refractivity contribution in [1.29, 1.82) is 0 Å². The molecule has 0 saturated heterocycles. The molecule has 3 aromatic rings. The van der Waals surface area contributed by atoms with Crippen molar-refractivity contribution >= 4 is 45.0 Å². The van der Waals surface area contributed by atoms with E-state index in [0.717, 1.165) is 24.6 Å². The average molecular weight is 437 g/mol. The maximum Gasteiger partial charge on any atom is 0.224 e. The summed E-state index contributed by atoms with van der Waals surface area (Å²) < 4.78 is 0. The molecule has 138 valence electrons.